The molecule has 2 fully saturated rings. The lowest BCUT2D eigenvalue weighted by atomic mass is 9.94. The number of carbonyl (C=O) groups excluding carboxylic acids is 1. The molecule has 1 atom stereocenters. The number of aryl methyl sites for hydroxylation is 1. The van der Waals surface area contributed by atoms with Gasteiger partial charge < -0.3 is 9.80 Å². The van der Waals surface area contributed by atoms with E-state index in [2.05, 4.69) is 27.8 Å². The molecule has 0 bridgehead atoms. The van der Waals surface area contributed by atoms with Gasteiger partial charge in [-0.1, -0.05) is 13.3 Å². The minimum atomic E-state index is 0.312. The number of hydrogen-bond acceptors (Lipinski definition) is 4. The Morgan fingerprint density at radius 1 is 1.21 bits per heavy atom. The van der Waals surface area contributed by atoms with Crippen LogP contribution in [0.15, 0.2) is 6.07 Å². The first kappa shape index (κ1) is 17.2. The average Bonchev–Trinajstić information content (AvgIpc) is 3.14. The maximum atomic E-state index is 12.4. The maximum Gasteiger partial charge on any atom is 0.222 e. The van der Waals surface area contributed by atoms with Crippen LogP contribution in [-0.4, -0.2) is 47.0 Å². The van der Waals surface area contributed by atoms with Gasteiger partial charge in [-0.15, -0.1) is 0 Å². The van der Waals surface area contributed by atoms with Crippen molar-refractivity contribution in [2.45, 2.75) is 64.7 Å². The van der Waals surface area contributed by atoms with E-state index >= 15 is 0 Å². The highest BCUT2D eigenvalue weighted by Crippen LogP contribution is 2.29. The van der Waals surface area contributed by atoms with Gasteiger partial charge >= 0.3 is 0 Å². The molecule has 1 amide bonds. The highest BCUT2D eigenvalue weighted by molar-refractivity contribution is 5.76. The van der Waals surface area contributed by atoms with E-state index in [1.54, 1.807) is 0 Å². The summed E-state index contributed by atoms with van der Waals surface area (Å²) in [7, 11) is 0. The standard InChI is InChI=1S/C19H30N4O/c1-3-4-9-19(24)23-12-7-8-16(14-23)17-13-18(21-15(2)20-17)22-10-5-6-11-22/h13,16H,3-12,14H2,1-2H3. The van der Waals surface area contributed by atoms with Crippen LogP contribution < -0.4 is 4.90 Å². The van der Waals surface area contributed by atoms with Crippen molar-refractivity contribution in [3.05, 3.63) is 17.6 Å². The number of anilines is 1. The second-order valence-electron chi connectivity index (χ2n) is 7.17. The van der Waals surface area contributed by atoms with Crippen molar-refractivity contribution in [2.75, 3.05) is 31.1 Å². The number of nitrogens with zero attached hydrogens (tertiary/aromatic N) is 4. The molecule has 5 nitrogen and oxygen atoms in total. The molecule has 0 spiro atoms. The van der Waals surface area contributed by atoms with E-state index in [9.17, 15) is 4.79 Å². The normalized spacial score (nSPS) is 21.3. The van der Waals surface area contributed by atoms with E-state index in [1.807, 2.05) is 6.92 Å². The first-order valence-corrected chi connectivity index (χ1v) is 9.55. The monoisotopic (exact) mass is 330 g/mol. The van der Waals surface area contributed by atoms with E-state index in [0.29, 0.717) is 18.2 Å². The van der Waals surface area contributed by atoms with Crippen molar-refractivity contribution in [1.82, 2.24) is 14.9 Å². The first-order chi connectivity index (χ1) is 11.7. The molecule has 0 N–H and O–H groups in total. The first-order valence-electron chi connectivity index (χ1n) is 9.55. The van der Waals surface area contributed by atoms with E-state index in [-0.39, 0.29) is 0 Å². The van der Waals surface area contributed by atoms with Gasteiger partial charge in [-0.2, -0.15) is 0 Å². The molecular formula is C19H30N4O. The molecule has 2 saturated heterocycles. The Morgan fingerprint density at radius 3 is 2.75 bits per heavy atom. The van der Waals surface area contributed by atoms with Crippen LogP contribution in [0.1, 0.15) is 69.3 Å². The summed E-state index contributed by atoms with van der Waals surface area (Å²) in [6.45, 7) is 8.04. The van der Waals surface area contributed by atoms with Crippen LogP contribution in [0.3, 0.4) is 0 Å². The Kier molecular flexibility index (Phi) is 5.69. The minimum absolute atomic E-state index is 0.312. The second-order valence-corrected chi connectivity index (χ2v) is 7.17. The van der Waals surface area contributed by atoms with E-state index in [4.69, 9.17) is 4.98 Å². The van der Waals surface area contributed by atoms with Crippen LogP contribution in [0, 0.1) is 6.92 Å². The van der Waals surface area contributed by atoms with Crippen molar-refractivity contribution in [1.29, 1.82) is 0 Å². The second kappa shape index (κ2) is 7.95. The van der Waals surface area contributed by atoms with Crippen molar-refractivity contribution in [2.24, 2.45) is 0 Å². The average molecular weight is 330 g/mol. The number of piperidine rings is 1. The third-order valence-electron chi connectivity index (χ3n) is 5.21. The predicted molar refractivity (Wildman–Crippen MR) is 96.3 cm³/mol. The van der Waals surface area contributed by atoms with Crippen molar-refractivity contribution in [3.8, 4) is 0 Å². The fourth-order valence-electron chi connectivity index (χ4n) is 3.82. The van der Waals surface area contributed by atoms with Gasteiger partial charge in [0.25, 0.3) is 0 Å². The molecule has 24 heavy (non-hydrogen) atoms. The van der Waals surface area contributed by atoms with Gasteiger partial charge in [-0.05, 0) is 39.0 Å². The number of likely N-dealkylation sites (tertiary alicyclic amines) is 1. The fourth-order valence-corrected chi connectivity index (χ4v) is 3.82. The number of amides is 1. The Bertz CT molecular complexity index is 568. The molecule has 2 aliphatic heterocycles. The van der Waals surface area contributed by atoms with Crippen LogP contribution in [-0.2, 0) is 4.79 Å². The molecule has 0 radical (unpaired) electrons. The smallest absolute Gasteiger partial charge is 0.222 e. The van der Waals surface area contributed by atoms with Crippen LogP contribution in [0.2, 0.25) is 0 Å². The zero-order chi connectivity index (χ0) is 16.9. The Balaban J connectivity index is 1.72. The number of unbranched alkanes of at least 4 members (excludes halogenated alkanes) is 1. The fraction of sp³-hybridized carbons (Fsp3) is 0.737. The quantitative estimate of drug-likeness (QED) is 0.831. The molecule has 0 saturated carbocycles. The van der Waals surface area contributed by atoms with Crippen LogP contribution in [0.5, 0.6) is 0 Å². The van der Waals surface area contributed by atoms with Gasteiger partial charge in [0.1, 0.15) is 11.6 Å². The molecule has 3 heterocycles. The third-order valence-corrected chi connectivity index (χ3v) is 5.21. The molecular weight excluding hydrogens is 300 g/mol. The van der Waals surface area contributed by atoms with E-state index < -0.39 is 0 Å². The summed E-state index contributed by atoms with van der Waals surface area (Å²) < 4.78 is 0. The summed E-state index contributed by atoms with van der Waals surface area (Å²) in [5.41, 5.74) is 1.12. The van der Waals surface area contributed by atoms with Crippen molar-refractivity contribution < 1.29 is 4.79 Å². The van der Waals surface area contributed by atoms with Crippen LogP contribution in [0.25, 0.3) is 0 Å². The van der Waals surface area contributed by atoms with Crippen LogP contribution in [0.4, 0.5) is 5.82 Å². The number of hydrogen-bond donors (Lipinski definition) is 0. The van der Waals surface area contributed by atoms with Crippen molar-refractivity contribution >= 4 is 11.7 Å². The summed E-state index contributed by atoms with van der Waals surface area (Å²) >= 11 is 0. The molecule has 1 aromatic rings. The third kappa shape index (κ3) is 4.05. The Labute approximate surface area is 145 Å². The van der Waals surface area contributed by atoms with Crippen LogP contribution >= 0.6 is 0 Å². The molecule has 0 aliphatic carbocycles. The molecule has 2 aliphatic rings. The highest BCUT2D eigenvalue weighted by Gasteiger charge is 2.26. The lowest BCUT2D eigenvalue weighted by molar-refractivity contribution is -0.132. The number of rotatable bonds is 5. The van der Waals surface area contributed by atoms with Gasteiger partial charge in [-0.25, -0.2) is 9.97 Å². The molecule has 5 heteroatoms. The van der Waals surface area contributed by atoms with Gasteiger partial charge in [0.15, 0.2) is 0 Å². The van der Waals surface area contributed by atoms with Crippen molar-refractivity contribution in [3.63, 3.8) is 0 Å². The molecule has 0 aromatic carbocycles. The largest absolute Gasteiger partial charge is 0.357 e. The zero-order valence-corrected chi connectivity index (χ0v) is 15.1. The SMILES string of the molecule is CCCCC(=O)N1CCCC(c2cc(N3CCCC3)nc(C)n2)C1. The minimum Gasteiger partial charge on any atom is -0.357 e. The highest BCUT2D eigenvalue weighted by atomic mass is 16.2. The number of carbonyl (C=O) groups is 1. The summed E-state index contributed by atoms with van der Waals surface area (Å²) in [6, 6.07) is 2.17. The predicted octanol–water partition coefficient (Wildman–Crippen LogP) is 3.28. The molecule has 1 aromatic heterocycles. The molecule has 3 rings (SSSR count). The topological polar surface area (TPSA) is 49.3 Å². The maximum absolute atomic E-state index is 12.4. The summed E-state index contributed by atoms with van der Waals surface area (Å²) in [5.74, 6) is 2.59. The summed E-state index contributed by atoms with van der Waals surface area (Å²) in [6.07, 6.45) is 7.45. The number of aromatic nitrogens is 2. The Hall–Kier alpha value is -1.65. The van der Waals surface area contributed by atoms with Gasteiger partial charge in [-0.3, -0.25) is 4.79 Å². The lowest BCUT2D eigenvalue weighted by Gasteiger charge is -2.33. The van der Waals surface area contributed by atoms with Gasteiger partial charge in [0, 0.05) is 44.6 Å². The van der Waals surface area contributed by atoms with E-state index in [0.717, 1.165) is 69.2 Å². The summed E-state index contributed by atoms with van der Waals surface area (Å²) in [4.78, 5) is 26.1. The summed E-state index contributed by atoms with van der Waals surface area (Å²) in [5, 5.41) is 0. The van der Waals surface area contributed by atoms with Gasteiger partial charge in [0.05, 0.1) is 5.69 Å². The molecule has 1 unspecified atom stereocenters. The molecule has 132 valence electrons. The van der Waals surface area contributed by atoms with Gasteiger partial charge in [0.2, 0.25) is 5.91 Å². The zero-order valence-electron chi connectivity index (χ0n) is 15.1. The lowest BCUT2D eigenvalue weighted by Crippen LogP contribution is -2.39. The van der Waals surface area contributed by atoms with E-state index in [1.165, 1.54) is 12.8 Å². The Morgan fingerprint density at radius 2 is 2.00 bits per heavy atom.